The van der Waals surface area contributed by atoms with E-state index in [2.05, 4.69) is 4.90 Å². The predicted molar refractivity (Wildman–Crippen MR) is 151 cm³/mol. The molecule has 0 aliphatic carbocycles. The summed E-state index contributed by atoms with van der Waals surface area (Å²) in [5.74, 6) is -1.02. The van der Waals surface area contributed by atoms with Crippen molar-refractivity contribution in [3.05, 3.63) is 71.3 Å². The van der Waals surface area contributed by atoms with Crippen LogP contribution >= 0.6 is 0 Å². The van der Waals surface area contributed by atoms with Gasteiger partial charge in [0.15, 0.2) is 0 Å². The minimum Gasteiger partial charge on any atom is -0.328 e. The monoisotopic (exact) mass is 543 g/mol. The van der Waals surface area contributed by atoms with Crippen LogP contribution in [0.2, 0.25) is 0 Å². The normalized spacial score (nSPS) is 12.5. The fraction of sp³-hybridized carbons (Fsp3) is 0.500. The highest BCUT2D eigenvalue weighted by Crippen LogP contribution is 2.30. The predicted octanol–water partition coefficient (Wildman–Crippen LogP) is 4.38. The van der Waals surface area contributed by atoms with Crippen molar-refractivity contribution in [3.8, 4) is 6.07 Å². The minimum atomic E-state index is -0.882. The molecule has 1 unspecified atom stereocenters. The summed E-state index contributed by atoms with van der Waals surface area (Å²) in [5.41, 5.74) is 7.91. The van der Waals surface area contributed by atoms with E-state index in [1.54, 1.807) is 24.3 Å². The van der Waals surface area contributed by atoms with Crippen LogP contribution in [-0.2, 0) is 9.59 Å². The zero-order chi connectivity index (χ0) is 29.4. The van der Waals surface area contributed by atoms with E-state index in [1.165, 1.54) is 29.2 Å². The Morgan fingerprint density at radius 1 is 1.00 bits per heavy atom. The van der Waals surface area contributed by atoms with E-state index in [0.717, 1.165) is 17.4 Å². The van der Waals surface area contributed by atoms with Crippen molar-refractivity contribution in [2.24, 2.45) is 5.73 Å². The average Bonchev–Trinajstić information content (AvgIpc) is 2.94. The largest absolute Gasteiger partial charge is 0.328 e. The first-order valence-corrected chi connectivity index (χ1v) is 13.6. The molecule has 0 radical (unpaired) electrons. The molecule has 0 saturated heterocycles. The Balaban J connectivity index is 0.00000371. The first-order chi connectivity index (χ1) is 18.7. The molecule has 0 aromatic heterocycles. The molecule has 2 N–H and O–H groups in total. The summed E-state index contributed by atoms with van der Waals surface area (Å²) in [5, 5.41) is 9.05. The molecule has 1 amide bonds. The van der Waals surface area contributed by atoms with E-state index >= 15 is 0 Å². The SMILES string of the molecule is CC.CCCN(CC#N)C(=O)[C@@H](N)CN(CC=O)CC(CC)N(C)C(c1ccc(F)cc1)c1ccc(F)cc1. The molecule has 2 rings (SSSR count). The van der Waals surface area contributed by atoms with Gasteiger partial charge in [0, 0.05) is 25.7 Å². The first-order valence-electron chi connectivity index (χ1n) is 13.6. The van der Waals surface area contributed by atoms with Gasteiger partial charge in [-0.25, -0.2) is 8.78 Å². The zero-order valence-electron chi connectivity index (χ0n) is 23.8. The van der Waals surface area contributed by atoms with E-state index in [4.69, 9.17) is 11.0 Å². The molecular formula is C30H43F2N5O2. The molecule has 2 aromatic carbocycles. The molecule has 39 heavy (non-hydrogen) atoms. The van der Waals surface area contributed by atoms with E-state index in [1.807, 2.05) is 45.7 Å². The number of nitriles is 1. The minimum absolute atomic E-state index is 0.0363. The maximum Gasteiger partial charge on any atom is 0.241 e. The lowest BCUT2D eigenvalue weighted by Gasteiger charge is -2.38. The van der Waals surface area contributed by atoms with Gasteiger partial charge in [0.05, 0.1) is 24.7 Å². The number of hydrogen-bond donors (Lipinski definition) is 1. The molecule has 214 valence electrons. The van der Waals surface area contributed by atoms with Gasteiger partial charge >= 0.3 is 0 Å². The van der Waals surface area contributed by atoms with E-state index in [0.29, 0.717) is 25.9 Å². The molecule has 2 atom stereocenters. The van der Waals surface area contributed by atoms with Gasteiger partial charge in [0.25, 0.3) is 0 Å². The number of carbonyl (C=O) groups excluding carboxylic acids is 2. The third-order valence-corrected chi connectivity index (χ3v) is 6.47. The van der Waals surface area contributed by atoms with Crippen LogP contribution in [0.3, 0.4) is 0 Å². The highest BCUT2D eigenvalue weighted by atomic mass is 19.1. The van der Waals surface area contributed by atoms with Crippen molar-refractivity contribution >= 4 is 12.2 Å². The fourth-order valence-corrected chi connectivity index (χ4v) is 4.55. The summed E-state index contributed by atoms with van der Waals surface area (Å²) in [6.45, 7) is 9.03. The number of benzene rings is 2. The first kappa shape index (κ1) is 33.8. The van der Waals surface area contributed by atoms with E-state index < -0.39 is 6.04 Å². The van der Waals surface area contributed by atoms with Crippen molar-refractivity contribution in [3.63, 3.8) is 0 Å². The Bertz CT molecular complexity index is 982. The standard InChI is InChI=1S/C28H37F2N5O2.C2H6/c1-4-15-35(16-14-31)28(37)26(32)20-34(17-18-36)19-25(5-2)33(3)27(21-6-10-23(29)11-7-21)22-8-12-24(30)13-9-22;1-2/h6-13,18,25-27H,4-5,15-17,19-20,32H2,1-3H3;1-2H3/t25?,26-;/m0./s1. The topological polar surface area (TPSA) is 93.7 Å². The van der Waals surface area contributed by atoms with Gasteiger partial charge in [0.2, 0.25) is 5.91 Å². The number of halogens is 2. The molecule has 0 saturated carbocycles. The Hall–Kier alpha value is -3.19. The Morgan fingerprint density at radius 2 is 1.51 bits per heavy atom. The molecule has 0 bridgehead atoms. The number of nitrogens with zero attached hydrogens (tertiary/aromatic N) is 4. The molecule has 0 spiro atoms. The molecule has 9 heteroatoms. The quantitative estimate of drug-likeness (QED) is 0.265. The summed E-state index contributed by atoms with van der Waals surface area (Å²) in [6.07, 6.45) is 2.19. The third-order valence-electron chi connectivity index (χ3n) is 6.47. The van der Waals surface area contributed by atoms with Crippen LogP contribution in [-0.4, -0.2) is 78.7 Å². The maximum atomic E-state index is 13.7. The van der Waals surface area contributed by atoms with Crippen molar-refractivity contribution in [2.75, 3.05) is 39.8 Å². The van der Waals surface area contributed by atoms with Gasteiger partial charge in [-0.1, -0.05) is 52.0 Å². The molecule has 0 fully saturated rings. The van der Waals surface area contributed by atoms with Crippen LogP contribution < -0.4 is 5.73 Å². The Labute approximate surface area is 232 Å². The summed E-state index contributed by atoms with van der Waals surface area (Å²) >= 11 is 0. The molecule has 0 aliphatic rings. The zero-order valence-corrected chi connectivity index (χ0v) is 23.8. The van der Waals surface area contributed by atoms with Crippen LogP contribution in [0.4, 0.5) is 8.78 Å². The summed E-state index contributed by atoms with van der Waals surface area (Å²) < 4.78 is 27.3. The summed E-state index contributed by atoms with van der Waals surface area (Å²) in [6, 6.07) is 13.2. The highest BCUT2D eigenvalue weighted by Gasteiger charge is 2.29. The van der Waals surface area contributed by atoms with Crippen LogP contribution in [0.15, 0.2) is 48.5 Å². The van der Waals surface area contributed by atoms with Crippen LogP contribution in [0.1, 0.15) is 57.7 Å². The molecule has 0 heterocycles. The number of aldehydes is 1. The third kappa shape index (κ3) is 10.5. The van der Waals surface area contributed by atoms with Gasteiger partial charge < -0.3 is 15.4 Å². The van der Waals surface area contributed by atoms with E-state index in [9.17, 15) is 18.4 Å². The number of likely N-dealkylation sites (N-methyl/N-ethyl adjacent to an activating group) is 1. The number of carbonyl (C=O) groups is 2. The number of rotatable bonds is 15. The van der Waals surface area contributed by atoms with Crippen molar-refractivity contribution in [1.29, 1.82) is 5.26 Å². The number of hydrogen-bond acceptors (Lipinski definition) is 6. The summed E-state index contributed by atoms with van der Waals surface area (Å²) in [4.78, 5) is 29.7. The molecule has 7 nitrogen and oxygen atoms in total. The van der Waals surface area contributed by atoms with Gasteiger partial charge in [-0.15, -0.1) is 0 Å². The second-order valence-electron chi connectivity index (χ2n) is 9.14. The number of nitrogens with two attached hydrogens (primary N) is 1. The van der Waals surface area contributed by atoms with Crippen LogP contribution in [0, 0.1) is 23.0 Å². The molecular weight excluding hydrogens is 500 g/mol. The van der Waals surface area contributed by atoms with Gasteiger partial charge in [-0.05, 0) is 55.3 Å². The number of amides is 1. The lowest BCUT2D eigenvalue weighted by molar-refractivity contribution is -0.132. The maximum absolute atomic E-state index is 13.7. The fourth-order valence-electron chi connectivity index (χ4n) is 4.55. The Morgan fingerprint density at radius 3 is 1.92 bits per heavy atom. The van der Waals surface area contributed by atoms with Gasteiger partial charge in [0.1, 0.15) is 24.5 Å². The van der Waals surface area contributed by atoms with Crippen LogP contribution in [0.5, 0.6) is 0 Å². The van der Waals surface area contributed by atoms with E-state index in [-0.39, 0.29) is 49.3 Å². The molecule has 0 aliphatic heterocycles. The van der Waals surface area contributed by atoms with Crippen molar-refractivity contribution in [2.45, 2.75) is 58.7 Å². The lowest BCUT2D eigenvalue weighted by atomic mass is 9.95. The second kappa shape index (κ2) is 18.2. The average molecular weight is 544 g/mol. The Kier molecular flexibility index (Phi) is 15.8. The second-order valence-corrected chi connectivity index (χ2v) is 9.14. The van der Waals surface area contributed by atoms with Gasteiger partial charge in [-0.3, -0.25) is 14.6 Å². The molecule has 2 aromatic rings. The van der Waals surface area contributed by atoms with Crippen molar-refractivity contribution in [1.82, 2.24) is 14.7 Å². The smallest absolute Gasteiger partial charge is 0.241 e. The van der Waals surface area contributed by atoms with Crippen LogP contribution in [0.25, 0.3) is 0 Å². The van der Waals surface area contributed by atoms with Gasteiger partial charge in [-0.2, -0.15) is 5.26 Å². The highest BCUT2D eigenvalue weighted by molar-refractivity contribution is 5.82. The van der Waals surface area contributed by atoms with Crippen molar-refractivity contribution < 1.29 is 18.4 Å². The summed E-state index contributed by atoms with van der Waals surface area (Å²) in [7, 11) is 1.94. The lowest BCUT2D eigenvalue weighted by Crippen LogP contribution is -2.52.